The van der Waals surface area contributed by atoms with Gasteiger partial charge in [0, 0.05) is 13.1 Å². The van der Waals surface area contributed by atoms with E-state index in [4.69, 9.17) is 14.6 Å². The summed E-state index contributed by atoms with van der Waals surface area (Å²) in [6, 6.07) is 4.44. The molecular formula is C23H30N4O2. The van der Waals surface area contributed by atoms with Gasteiger partial charge in [0.25, 0.3) is 0 Å². The summed E-state index contributed by atoms with van der Waals surface area (Å²) < 4.78 is 6.44. The maximum absolute atomic E-state index is 6.44. The van der Waals surface area contributed by atoms with Crippen molar-refractivity contribution in [2.75, 3.05) is 26.9 Å². The molecule has 0 amide bonds. The second-order valence-electron chi connectivity index (χ2n) is 7.94. The van der Waals surface area contributed by atoms with E-state index in [1.54, 1.807) is 7.11 Å². The van der Waals surface area contributed by atoms with Gasteiger partial charge in [-0.05, 0) is 56.9 Å². The molecule has 0 radical (unpaired) electrons. The fourth-order valence-electron chi connectivity index (χ4n) is 4.35. The lowest BCUT2D eigenvalue weighted by molar-refractivity contribution is -0.0972. The quantitative estimate of drug-likeness (QED) is 0.756. The first-order valence-electron chi connectivity index (χ1n) is 10.2. The van der Waals surface area contributed by atoms with Gasteiger partial charge < -0.3 is 14.5 Å². The highest BCUT2D eigenvalue weighted by molar-refractivity contribution is 5.82. The zero-order chi connectivity index (χ0) is 20.7. The van der Waals surface area contributed by atoms with Gasteiger partial charge in [-0.25, -0.2) is 10.1 Å². The lowest BCUT2D eigenvalue weighted by Gasteiger charge is -2.40. The van der Waals surface area contributed by atoms with Crippen LogP contribution in [-0.2, 0) is 16.2 Å². The van der Waals surface area contributed by atoms with Crippen LogP contribution in [0.2, 0.25) is 0 Å². The highest BCUT2D eigenvalue weighted by Gasteiger charge is 2.36. The molecule has 154 valence electrons. The number of nitrogens with zero attached hydrogens (tertiary/aromatic N) is 4. The summed E-state index contributed by atoms with van der Waals surface area (Å²) in [5, 5.41) is 1.82. The van der Waals surface area contributed by atoms with Crippen LogP contribution in [0.5, 0.6) is 0 Å². The standard InChI is InChI=1S/C23H30N4O2/c1-7-25-11-18(5)22(29-13-20-16(3)8-15(2)9-17(20)4)21-23(25)27-14-26(28-6)12-19(27)10-24-21/h8-10,12H,7,11,13-14H2,1-6H3. The van der Waals surface area contributed by atoms with Gasteiger partial charge in [-0.2, -0.15) is 0 Å². The fourth-order valence-corrected chi connectivity index (χ4v) is 4.35. The Morgan fingerprint density at radius 1 is 1.10 bits per heavy atom. The summed E-state index contributed by atoms with van der Waals surface area (Å²) in [6.45, 7) is 13.7. The molecule has 29 heavy (non-hydrogen) atoms. The van der Waals surface area contributed by atoms with Crippen LogP contribution < -0.4 is 0 Å². The number of hydroxylamine groups is 2. The zero-order valence-corrected chi connectivity index (χ0v) is 18.2. The molecule has 3 aliphatic rings. The van der Waals surface area contributed by atoms with Crippen LogP contribution in [0.3, 0.4) is 0 Å². The van der Waals surface area contributed by atoms with Crippen molar-refractivity contribution in [3.63, 3.8) is 0 Å². The van der Waals surface area contributed by atoms with Crippen molar-refractivity contribution in [2.45, 2.75) is 41.2 Å². The van der Waals surface area contributed by atoms with E-state index >= 15 is 0 Å². The number of rotatable bonds is 5. The van der Waals surface area contributed by atoms with E-state index in [1.165, 1.54) is 27.8 Å². The molecule has 6 heteroatoms. The maximum Gasteiger partial charge on any atom is 0.149 e. The van der Waals surface area contributed by atoms with Crippen molar-refractivity contribution < 1.29 is 9.57 Å². The molecule has 0 aliphatic carbocycles. The van der Waals surface area contributed by atoms with Gasteiger partial charge in [0.1, 0.15) is 30.6 Å². The van der Waals surface area contributed by atoms with Crippen LogP contribution >= 0.6 is 0 Å². The number of aryl methyl sites for hydroxylation is 3. The molecule has 3 aliphatic heterocycles. The molecule has 0 N–H and O–H groups in total. The molecular weight excluding hydrogens is 364 g/mol. The average Bonchev–Trinajstić information content (AvgIpc) is 3.11. The molecule has 0 fully saturated rings. The minimum Gasteiger partial charge on any atom is -0.486 e. The smallest absolute Gasteiger partial charge is 0.149 e. The molecule has 1 aromatic rings. The van der Waals surface area contributed by atoms with Gasteiger partial charge in [0.15, 0.2) is 0 Å². The van der Waals surface area contributed by atoms with Crippen LogP contribution in [0.1, 0.15) is 36.1 Å². The fraction of sp³-hybridized carbons (Fsp3) is 0.435. The minimum absolute atomic E-state index is 0.552. The third-order valence-electron chi connectivity index (χ3n) is 5.81. The number of hydrogen-bond donors (Lipinski definition) is 0. The van der Waals surface area contributed by atoms with E-state index < -0.39 is 0 Å². The topological polar surface area (TPSA) is 40.5 Å². The van der Waals surface area contributed by atoms with E-state index in [-0.39, 0.29) is 0 Å². The molecule has 4 rings (SSSR count). The van der Waals surface area contributed by atoms with Crippen molar-refractivity contribution in [3.8, 4) is 0 Å². The normalized spacial score (nSPS) is 18.4. The highest BCUT2D eigenvalue weighted by atomic mass is 16.7. The largest absolute Gasteiger partial charge is 0.486 e. The van der Waals surface area contributed by atoms with Crippen LogP contribution in [0.25, 0.3) is 0 Å². The molecule has 0 saturated heterocycles. The Kier molecular flexibility index (Phi) is 5.13. The van der Waals surface area contributed by atoms with E-state index in [0.717, 1.165) is 36.1 Å². The maximum atomic E-state index is 6.44. The molecule has 0 spiro atoms. The predicted molar refractivity (Wildman–Crippen MR) is 115 cm³/mol. The Bertz CT molecular complexity index is 935. The number of ether oxygens (including phenoxy) is 1. The molecule has 0 aromatic heterocycles. The monoisotopic (exact) mass is 394 g/mol. The lowest BCUT2D eigenvalue weighted by atomic mass is 10.0. The van der Waals surface area contributed by atoms with Crippen molar-refractivity contribution in [3.05, 3.63) is 69.1 Å². The van der Waals surface area contributed by atoms with Gasteiger partial charge in [-0.15, -0.1) is 0 Å². The summed E-state index contributed by atoms with van der Waals surface area (Å²) in [5.41, 5.74) is 8.24. The molecule has 3 heterocycles. The SMILES string of the molecule is CCN1CC(C)=C(OCc2c(C)cc(C)cc2C)C2=C1N1CN(OC)C=C1C=N2. The van der Waals surface area contributed by atoms with Crippen LogP contribution in [0.4, 0.5) is 0 Å². The van der Waals surface area contributed by atoms with Gasteiger partial charge in [0.05, 0.1) is 25.2 Å². The number of aliphatic imine (C=N–C) groups is 1. The number of benzene rings is 1. The van der Waals surface area contributed by atoms with E-state index in [0.29, 0.717) is 13.3 Å². The first kappa shape index (κ1) is 19.6. The van der Waals surface area contributed by atoms with E-state index in [1.807, 2.05) is 17.5 Å². The first-order valence-corrected chi connectivity index (χ1v) is 10.2. The van der Waals surface area contributed by atoms with Gasteiger partial charge >= 0.3 is 0 Å². The second-order valence-corrected chi connectivity index (χ2v) is 7.94. The Labute approximate surface area is 173 Å². The van der Waals surface area contributed by atoms with E-state index in [2.05, 4.69) is 56.6 Å². The Morgan fingerprint density at radius 3 is 2.48 bits per heavy atom. The molecule has 0 saturated carbocycles. The Balaban J connectivity index is 1.66. The number of likely N-dealkylation sites (N-methyl/N-ethyl adjacent to an activating group) is 1. The summed E-state index contributed by atoms with van der Waals surface area (Å²) in [6.07, 6.45) is 3.88. The van der Waals surface area contributed by atoms with Gasteiger partial charge in [0.2, 0.25) is 0 Å². The van der Waals surface area contributed by atoms with Crippen LogP contribution in [0, 0.1) is 20.8 Å². The molecule has 0 unspecified atom stereocenters. The molecule has 0 bridgehead atoms. The highest BCUT2D eigenvalue weighted by Crippen LogP contribution is 2.37. The van der Waals surface area contributed by atoms with Crippen molar-refractivity contribution in [1.82, 2.24) is 14.9 Å². The number of hydrogen-bond acceptors (Lipinski definition) is 6. The van der Waals surface area contributed by atoms with Crippen molar-refractivity contribution in [1.29, 1.82) is 0 Å². The number of allylic oxidation sites excluding steroid dienone is 1. The third-order valence-corrected chi connectivity index (χ3v) is 5.81. The Hall–Kier alpha value is -2.73. The van der Waals surface area contributed by atoms with Crippen molar-refractivity contribution >= 4 is 6.21 Å². The van der Waals surface area contributed by atoms with Crippen LogP contribution in [-0.4, -0.2) is 47.9 Å². The lowest BCUT2D eigenvalue weighted by Crippen LogP contribution is -2.42. The second kappa shape index (κ2) is 7.59. The molecule has 1 aromatic carbocycles. The summed E-state index contributed by atoms with van der Waals surface area (Å²) in [5.74, 6) is 1.99. The summed E-state index contributed by atoms with van der Waals surface area (Å²) in [7, 11) is 1.69. The van der Waals surface area contributed by atoms with Gasteiger partial charge in [-0.1, -0.05) is 17.7 Å². The molecule has 6 nitrogen and oxygen atoms in total. The average molecular weight is 395 g/mol. The van der Waals surface area contributed by atoms with Crippen LogP contribution in [0.15, 0.2) is 51.9 Å². The zero-order valence-electron chi connectivity index (χ0n) is 18.2. The number of fused-ring (bicyclic) bond motifs is 2. The predicted octanol–water partition coefficient (Wildman–Crippen LogP) is 3.97. The third kappa shape index (κ3) is 3.42. The summed E-state index contributed by atoms with van der Waals surface area (Å²) >= 11 is 0. The van der Waals surface area contributed by atoms with Crippen molar-refractivity contribution in [2.24, 2.45) is 4.99 Å². The van der Waals surface area contributed by atoms with Gasteiger partial charge in [-0.3, -0.25) is 4.84 Å². The molecule has 0 atom stereocenters. The van der Waals surface area contributed by atoms with E-state index in [9.17, 15) is 0 Å². The summed E-state index contributed by atoms with van der Waals surface area (Å²) in [4.78, 5) is 14.8. The Morgan fingerprint density at radius 2 is 1.83 bits per heavy atom. The minimum atomic E-state index is 0.552. The first-order chi connectivity index (χ1) is 13.9.